The van der Waals surface area contributed by atoms with Crippen molar-refractivity contribution < 1.29 is 19.1 Å². The first-order chi connectivity index (χ1) is 10.7. The highest BCUT2D eigenvalue weighted by Crippen LogP contribution is 2.16. The molecule has 22 heavy (non-hydrogen) atoms. The Kier molecular flexibility index (Phi) is 6.02. The summed E-state index contributed by atoms with van der Waals surface area (Å²) in [6, 6.07) is 6.54. The Morgan fingerprint density at radius 3 is 2.77 bits per heavy atom. The Hall–Kier alpha value is -2.28. The Morgan fingerprint density at radius 1 is 1.32 bits per heavy atom. The number of methoxy groups -OCH3 is 1. The summed E-state index contributed by atoms with van der Waals surface area (Å²) in [4.78, 5) is 22.9. The van der Waals surface area contributed by atoms with E-state index in [1.165, 1.54) is 7.11 Å². The zero-order valence-electron chi connectivity index (χ0n) is 12.6. The Balaban J connectivity index is 1.75. The first-order valence-electron chi connectivity index (χ1n) is 7.29. The molecule has 1 aromatic carbocycles. The van der Waals surface area contributed by atoms with Crippen molar-refractivity contribution >= 4 is 23.5 Å². The van der Waals surface area contributed by atoms with Crippen LogP contribution in [-0.2, 0) is 9.47 Å². The van der Waals surface area contributed by atoms with Crippen LogP contribution in [0.4, 0.5) is 21.0 Å². The minimum Gasteiger partial charge on any atom is -0.453 e. The summed E-state index contributed by atoms with van der Waals surface area (Å²) in [5, 5.41) is 8.04. The Labute approximate surface area is 129 Å². The molecule has 1 aromatic rings. The molecule has 0 aliphatic carbocycles. The van der Waals surface area contributed by atoms with Gasteiger partial charge in [-0.15, -0.1) is 0 Å². The van der Waals surface area contributed by atoms with Crippen molar-refractivity contribution in [2.24, 2.45) is 0 Å². The average Bonchev–Trinajstić information content (AvgIpc) is 3.00. The molecule has 1 aliphatic rings. The Morgan fingerprint density at radius 2 is 2.09 bits per heavy atom. The van der Waals surface area contributed by atoms with E-state index in [-0.39, 0.29) is 12.1 Å². The number of hydrogen-bond donors (Lipinski definition) is 3. The molecule has 0 spiro atoms. The summed E-state index contributed by atoms with van der Waals surface area (Å²) in [6.07, 6.45) is 2.67. The monoisotopic (exact) mass is 307 g/mol. The lowest BCUT2D eigenvalue weighted by Gasteiger charge is -2.11. The van der Waals surface area contributed by atoms with Crippen LogP contribution >= 0.6 is 0 Å². The van der Waals surface area contributed by atoms with Crippen molar-refractivity contribution in [1.82, 2.24) is 5.32 Å². The molecule has 3 N–H and O–H groups in total. The molecule has 1 atom stereocenters. The zero-order chi connectivity index (χ0) is 15.8. The largest absolute Gasteiger partial charge is 0.453 e. The molecule has 120 valence electrons. The number of nitrogens with one attached hydrogen (secondary N) is 3. The van der Waals surface area contributed by atoms with Crippen molar-refractivity contribution in [2.45, 2.75) is 25.4 Å². The number of ether oxygens (including phenoxy) is 2. The number of urea groups is 1. The van der Waals surface area contributed by atoms with E-state index in [9.17, 15) is 9.59 Å². The van der Waals surface area contributed by atoms with Crippen molar-refractivity contribution in [3.05, 3.63) is 24.3 Å². The van der Waals surface area contributed by atoms with Crippen molar-refractivity contribution in [3.63, 3.8) is 0 Å². The van der Waals surface area contributed by atoms with Crippen LogP contribution in [0.25, 0.3) is 0 Å². The summed E-state index contributed by atoms with van der Waals surface area (Å²) < 4.78 is 10.0. The maximum atomic E-state index is 11.8. The topological polar surface area (TPSA) is 88.7 Å². The van der Waals surface area contributed by atoms with E-state index in [1.54, 1.807) is 24.3 Å². The van der Waals surface area contributed by atoms with Gasteiger partial charge >= 0.3 is 12.1 Å². The highest BCUT2D eigenvalue weighted by molar-refractivity contribution is 5.91. The van der Waals surface area contributed by atoms with Crippen molar-refractivity contribution in [1.29, 1.82) is 0 Å². The standard InChI is InChI=1S/C15H21N3O4/c1-21-15(20)18-12-5-2-4-11(10-12)17-14(19)16-8-7-13-6-3-9-22-13/h2,4-5,10,13H,3,6-9H2,1H3,(H,18,20)(H2,16,17,19)/t13-/m0/s1. The van der Waals surface area contributed by atoms with Gasteiger partial charge in [0.15, 0.2) is 0 Å². The van der Waals surface area contributed by atoms with Gasteiger partial charge in [-0.25, -0.2) is 9.59 Å². The van der Waals surface area contributed by atoms with E-state index < -0.39 is 6.09 Å². The van der Waals surface area contributed by atoms with Gasteiger partial charge in [0.25, 0.3) is 0 Å². The molecule has 7 nitrogen and oxygen atoms in total. The number of carbonyl (C=O) groups excluding carboxylic acids is 2. The number of hydrogen-bond acceptors (Lipinski definition) is 4. The average molecular weight is 307 g/mol. The molecule has 3 amide bonds. The van der Waals surface area contributed by atoms with Gasteiger partial charge in [-0.3, -0.25) is 5.32 Å². The molecule has 0 bridgehead atoms. The van der Waals surface area contributed by atoms with E-state index >= 15 is 0 Å². The van der Waals surface area contributed by atoms with Gasteiger partial charge in [0.05, 0.1) is 13.2 Å². The van der Waals surface area contributed by atoms with E-state index in [0.717, 1.165) is 25.9 Å². The predicted octanol–water partition coefficient (Wildman–Crippen LogP) is 2.56. The molecule has 0 unspecified atom stereocenters. The minimum absolute atomic E-state index is 0.257. The van der Waals surface area contributed by atoms with Gasteiger partial charge in [0, 0.05) is 24.5 Å². The summed E-state index contributed by atoms with van der Waals surface area (Å²) in [6.45, 7) is 1.38. The Bertz CT molecular complexity index is 515. The molecule has 1 aliphatic heterocycles. The van der Waals surface area contributed by atoms with Gasteiger partial charge < -0.3 is 20.1 Å². The van der Waals surface area contributed by atoms with Crippen LogP contribution in [0.3, 0.4) is 0 Å². The van der Waals surface area contributed by atoms with E-state index in [4.69, 9.17) is 4.74 Å². The predicted molar refractivity (Wildman–Crippen MR) is 83.1 cm³/mol. The third-order valence-corrected chi connectivity index (χ3v) is 3.33. The number of amides is 3. The number of carbonyl (C=O) groups is 2. The highest BCUT2D eigenvalue weighted by Gasteiger charge is 2.15. The summed E-state index contributed by atoms with van der Waals surface area (Å²) in [7, 11) is 1.29. The number of anilines is 2. The first-order valence-corrected chi connectivity index (χ1v) is 7.29. The molecule has 1 fully saturated rings. The molecular formula is C15H21N3O4. The van der Waals surface area contributed by atoms with Crippen LogP contribution in [0.2, 0.25) is 0 Å². The van der Waals surface area contributed by atoms with Gasteiger partial charge in [0.1, 0.15) is 0 Å². The van der Waals surface area contributed by atoms with Crippen molar-refractivity contribution in [3.8, 4) is 0 Å². The third kappa shape index (κ3) is 5.25. The smallest absolute Gasteiger partial charge is 0.411 e. The summed E-state index contributed by atoms with van der Waals surface area (Å²) >= 11 is 0. The third-order valence-electron chi connectivity index (χ3n) is 3.33. The number of rotatable bonds is 5. The zero-order valence-corrected chi connectivity index (χ0v) is 12.6. The lowest BCUT2D eigenvalue weighted by molar-refractivity contribution is 0.105. The molecular weight excluding hydrogens is 286 g/mol. The van der Waals surface area contributed by atoms with Crippen LogP contribution < -0.4 is 16.0 Å². The van der Waals surface area contributed by atoms with Gasteiger partial charge in [-0.2, -0.15) is 0 Å². The minimum atomic E-state index is -0.557. The summed E-state index contributed by atoms with van der Waals surface area (Å²) in [5.74, 6) is 0. The fourth-order valence-corrected chi connectivity index (χ4v) is 2.24. The van der Waals surface area contributed by atoms with Crippen LogP contribution in [0.15, 0.2) is 24.3 Å². The van der Waals surface area contributed by atoms with Crippen LogP contribution in [0.1, 0.15) is 19.3 Å². The second-order valence-corrected chi connectivity index (χ2v) is 5.00. The van der Waals surface area contributed by atoms with Crippen molar-refractivity contribution in [2.75, 3.05) is 30.9 Å². The van der Waals surface area contributed by atoms with E-state index in [2.05, 4.69) is 20.7 Å². The number of benzene rings is 1. The lowest BCUT2D eigenvalue weighted by Crippen LogP contribution is -2.31. The molecule has 0 saturated carbocycles. The molecule has 0 radical (unpaired) electrons. The SMILES string of the molecule is COC(=O)Nc1cccc(NC(=O)NCC[C@@H]2CCCO2)c1. The van der Waals surface area contributed by atoms with Crippen LogP contribution in [-0.4, -0.2) is 38.5 Å². The van der Waals surface area contributed by atoms with Crippen LogP contribution in [0.5, 0.6) is 0 Å². The second kappa shape index (κ2) is 8.23. The molecule has 1 saturated heterocycles. The van der Waals surface area contributed by atoms with Crippen LogP contribution in [0, 0.1) is 0 Å². The fraction of sp³-hybridized carbons (Fsp3) is 0.467. The maximum Gasteiger partial charge on any atom is 0.411 e. The van der Waals surface area contributed by atoms with Gasteiger partial charge in [0.2, 0.25) is 0 Å². The first kappa shape index (κ1) is 16.1. The van der Waals surface area contributed by atoms with Gasteiger partial charge in [-0.05, 0) is 37.5 Å². The maximum absolute atomic E-state index is 11.8. The molecule has 7 heteroatoms. The normalized spacial score (nSPS) is 16.9. The second-order valence-electron chi connectivity index (χ2n) is 5.00. The summed E-state index contributed by atoms with van der Waals surface area (Å²) in [5.41, 5.74) is 1.13. The molecule has 1 heterocycles. The van der Waals surface area contributed by atoms with E-state index in [1.807, 2.05) is 0 Å². The molecule has 2 rings (SSSR count). The molecule has 0 aromatic heterocycles. The van der Waals surface area contributed by atoms with Gasteiger partial charge in [-0.1, -0.05) is 6.07 Å². The van der Waals surface area contributed by atoms with E-state index in [0.29, 0.717) is 17.9 Å². The lowest BCUT2D eigenvalue weighted by atomic mass is 10.2. The fourth-order valence-electron chi connectivity index (χ4n) is 2.24. The highest BCUT2D eigenvalue weighted by atomic mass is 16.5. The quantitative estimate of drug-likeness (QED) is 0.780.